The number of hydrogen-bond acceptors (Lipinski definition) is 4. The molecule has 1 amide bonds. The van der Waals surface area contributed by atoms with Gasteiger partial charge in [0.1, 0.15) is 6.26 Å². The number of oxazole rings is 1. The van der Waals surface area contributed by atoms with E-state index in [1.807, 2.05) is 36.4 Å². The fourth-order valence-electron chi connectivity index (χ4n) is 1.72. The van der Waals surface area contributed by atoms with Gasteiger partial charge in [0.25, 0.3) is 0 Å². The second-order valence-electron chi connectivity index (χ2n) is 5.18. The van der Waals surface area contributed by atoms with Crippen LogP contribution in [-0.2, 0) is 10.7 Å². The van der Waals surface area contributed by atoms with E-state index in [4.69, 9.17) is 45.0 Å². The average molecular weight is 442 g/mol. The smallest absolute Gasteiger partial charge is 0.248 e. The Bertz CT molecular complexity index is 834. The molecule has 2 aromatic carbocycles. The molecule has 5 nitrogen and oxygen atoms in total. The van der Waals surface area contributed by atoms with Crippen LogP contribution in [0.15, 0.2) is 71.3 Å². The molecular weight excluding hydrogens is 423 g/mol. The van der Waals surface area contributed by atoms with E-state index in [1.54, 1.807) is 30.5 Å². The summed E-state index contributed by atoms with van der Waals surface area (Å²) in [6.07, 6.45) is 1.58. The number of primary amides is 1. The van der Waals surface area contributed by atoms with Gasteiger partial charge in [-0.25, -0.2) is 4.98 Å². The number of ketones is 1. The Balaban J connectivity index is 0.000000229. The number of carbonyl (C=O) groups is 2. The Kier molecular flexibility index (Phi) is 11.7. The van der Waals surface area contributed by atoms with Crippen LogP contribution in [0.5, 0.6) is 0 Å². The van der Waals surface area contributed by atoms with Crippen molar-refractivity contribution in [1.29, 1.82) is 0 Å². The van der Waals surface area contributed by atoms with E-state index < -0.39 is 0 Å². The van der Waals surface area contributed by atoms with Crippen LogP contribution in [0.25, 0.3) is 11.5 Å². The van der Waals surface area contributed by atoms with Crippen LogP contribution in [-0.4, -0.2) is 28.4 Å². The van der Waals surface area contributed by atoms with Crippen molar-refractivity contribution in [2.75, 3.05) is 11.8 Å². The van der Waals surface area contributed by atoms with Gasteiger partial charge in [0.05, 0.1) is 23.3 Å². The maximum atomic E-state index is 10.4. The lowest BCUT2D eigenvalue weighted by Gasteiger charge is -1.91. The highest BCUT2D eigenvalue weighted by atomic mass is 35.5. The van der Waals surface area contributed by atoms with Gasteiger partial charge in [-0.15, -0.1) is 34.8 Å². The molecule has 2 N–H and O–H groups in total. The minimum atomic E-state index is -0.379. The predicted octanol–water partition coefficient (Wildman–Crippen LogP) is 4.90. The normalized spacial score (nSPS) is 9.39. The Morgan fingerprint density at radius 3 is 1.79 bits per heavy atom. The van der Waals surface area contributed by atoms with E-state index in [9.17, 15) is 9.59 Å². The number of aromatic nitrogens is 1. The average Bonchev–Trinajstić information content (AvgIpc) is 3.25. The molecule has 0 spiro atoms. The lowest BCUT2D eigenvalue weighted by Crippen LogP contribution is -2.09. The Morgan fingerprint density at radius 1 is 0.893 bits per heavy atom. The number of nitrogens with zero attached hydrogens (tertiary/aromatic N) is 1. The zero-order valence-electron chi connectivity index (χ0n) is 14.9. The first kappa shape index (κ1) is 23.7. The molecule has 0 aliphatic rings. The number of halogens is 3. The maximum Gasteiger partial charge on any atom is 0.248 e. The Labute approximate surface area is 178 Å². The second kappa shape index (κ2) is 13.8. The van der Waals surface area contributed by atoms with Crippen molar-refractivity contribution in [2.24, 2.45) is 5.73 Å². The van der Waals surface area contributed by atoms with Gasteiger partial charge in [0.2, 0.25) is 11.8 Å². The highest BCUT2D eigenvalue weighted by Gasteiger charge is 2.04. The Morgan fingerprint density at radius 2 is 1.43 bits per heavy atom. The topological polar surface area (TPSA) is 86.2 Å². The molecule has 0 bridgehead atoms. The minimum absolute atomic E-state index is 0.0312. The summed E-state index contributed by atoms with van der Waals surface area (Å²) >= 11 is 15.6. The van der Waals surface area contributed by atoms with Crippen LogP contribution in [0.1, 0.15) is 16.1 Å². The molecule has 0 radical (unpaired) electrons. The third kappa shape index (κ3) is 9.04. The van der Waals surface area contributed by atoms with Gasteiger partial charge in [-0.05, 0) is 24.3 Å². The first-order chi connectivity index (χ1) is 13.5. The predicted molar refractivity (Wildman–Crippen MR) is 113 cm³/mol. The molecule has 1 heterocycles. The monoisotopic (exact) mass is 440 g/mol. The van der Waals surface area contributed by atoms with E-state index in [0.717, 1.165) is 11.3 Å². The molecule has 3 aromatic rings. The number of benzene rings is 2. The molecule has 0 atom stereocenters. The number of carbonyl (C=O) groups excluding carboxylic acids is 2. The summed E-state index contributed by atoms with van der Waals surface area (Å²) in [5, 5.41) is 0. The molecule has 8 heteroatoms. The molecule has 28 heavy (non-hydrogen) atoms. The van der Waals surface area contributed by atoms with Crippen molar-refractivity contribution in [3.63, 3.8) is 0 Å². The number of amides is 1. The number of rotatable bonds is 5. The molecule has 148 valence electrons. The van der Waals surface area contributed by atoms with Gasteiger partial charge in [0, 0.05) is 11.1 Å². The molecular formula is C20H19Cl3N2O3. The largest absolute Gasteiger partial charge is 0.444 e. The maximum absolute atomic E-state index is 10.4. The highest BCUT2D eigenvalue weighted by molar-refractivity contribution is 6.35. The van der Waals surface area contributed by atoms with Crippen LogP contribution in [0, 0.1) is 0 Å². The summed E-state index contributed by atoms with van der Waals surface area (Å²) in [4.78, 5) is 24.5. The van der Waals surface area contributed by atoms with Gasteiger partial charge < -0.3 is 10.2 Å². The molecule has 3 rings (SSSR count). The third-order valence-corrected chi connectivity index (χ3v) is 3.94. The SMILES string of the molecule is ClCc1coc(-c2ccccc2)n1.NC(=O)c1ccccc1.O=C(CCl)CCl. The van der Waals surface area contributed by atoms with E-state index >= 15 is 0 Å². The Hall–Kier alpha value is -2.34. The van der Waals surface area contributed by atoms with Gasteiger partial charge in [-0.2, -0.15) is 0 Å². The molecule has 1 aromatic heterocycles. The van der Waals surface area contributed by atoms with Crippen LogP contribution >= 0.6 is 34.8 Å². The molecule has 0 saturated heterocycles. The molecule has 0 aliphatic carbocycles. The quantitative estimate of drug-likeness (QED) is 0.571. The zero-order chi connectivity index (χ0) is 20.8. The molecule has 0 saturated carbocycles. The first-order valence-electron chi connectivity index (χ1n) is 8.06. The number of Topliss-reactive ketones (excluding diaryl/α,β-unsaturated/α-hetero) is 1. The summed E-state index contributed by atoms with van der Waals surface area (Å²) in [5.41, 5.74) is 7.26. The standard InChI is InChI=1S/C10H8ClNO.C7H7NO.C3H4Cl2O/c11-6-9-7-13-10(12-9)8-4-2-1-3-5-8;8-7(9)6-4-2-1-3-5-6;4-1-3(6)2-5/h1-5,7H,6H2;1-5H,(H2,8,9);1-2H2. The van der Waals surface area contributed by atoms with Crippen molar-refractivity contribution in [1.82, 2.24) is 4.98 Å². The zero-order valence-corrected chi connectivity index (χ0v) is 17.1. The van der Waals surface area contributed by atoms with E-state index in [0.29, 0.717) is 17.3 Å². The van der Waals surface area contributed by atoms with E-state index in [2.05, 4.69) is 4.98 Å². The van der Waals surface area contributed by atoms with Crippen LogP contribution in [0.4, 0.5) is 0 Å². The van der Waals surface area contributed by atoms with Gasteiger partial charge in [-0.1, -0.05) is 36.4 Å². The van der Waals surface area contributed by atoms with Gasteiger partial charge in [0.15, 0.2) is 5.78 Å². The summed E-state index contributed by atoms with van der Waals surface area (Å²) < 4.78 is 5.25. The second-order valence-corrected chi connectivity index (χ2v) is 5.98. The fourth-order valence-corrected chi connectivity index (χ4v) is 2.13. The van der Waals surface area contributed by atoms with Crippen molar-refractivity contribution < 1.29 is 14.0 Å². The highest BCUT2D eigenvalue weighted by Crippen LogP contribution is 2.18. The number of hydrogen-bond donors (Lipinski definition) is 1. The van der Waals surface area contributed by atoms with Crippen molar-refractivity contribution >= 4 is 46.5 Å². The lowest BCUT2D eigenvalue weighted by atomic mass is 10.2. The van der Waals surface area contributed by atoms with E-state index in [-0.39, 0.29) is 23.5 Å². The summed E-state index contributed by atoms with van der Waals surface area (Å²) in [5.74, 6) is 0.564. The van der Waals surface area contributed by atoms with Crippen molar-refractivity contribution in [3.05, 3.63) is 78.2 Å². The molecule has 0 unspecified atom stereocenters. The van der Waals surface area contributed by atoms with Crippen LogP contribution in [0.2, 0.25) is 0 Å². The van der Waals surface area contributed by atoms with Crippen molar-refractivity contribution in [2.45, 2.75) is 5.88 Å². The summed E-state index contributed by atoms with van der Waals surface area (Å²) in [6, 6.07) is 18.5. The number of nitrogens with two attached hydrogens (primary N) is 1. The summed E-state index contributed by atoms with van der Waals surface area (Å²) in [7, 11) is 0. The third-order valence-electron chi connectivity index (χ3n) is 3.07. The molecule has 0 aliphatic heterocycles. The fraction of sp³-hybridized carbons (Fsp3) is 0.150. The van der Waals surface area contributed by atoms with Gasteiger partial charge >= 0.3 is 0 Å². The molecule has 0 fully saturated rings. The minimum Gasteiger partial charge on any atom is -0.444 e. The lowest BCUT2D eigenvalue weighted by molar-refractivity contribution is -0.114. The van der Waals surface area contributed by atoms with Gasteiger partial charge in [-0.3, -0.25) is 9.59 Å². The first-order valence-corrected chi connectivity index (χ1v) is 9.66. The van der Waals surface area contributed by atoms with E-state index in [1.165, 1.54) is 0 Å². The van der Waals surface area contributed by atoms with Crippen LogP contribution in [0.3, 0.4) is 0 Å². The summed E-state index contributed by atoms with van der Waals surface area (Å²) in [6.45, 7) is 0. The number of alkyl halides is 3. The van der Waals surface area contributed by atoms with Crippen molar-refractivity contribution in [3.8, 4) is 11.5 Å². The van der Waals surface area contributed by atoms with Crippen LogP contribution < -0.4 is 5.73 Å².